The molecule has 1 aliphatic heterocycles. The molecule has 1 aromatic heterocycles. The van der Waals surface area contributed by atoms with Crippen LogP contribution in [0.5, 0.6) is 5.75 Å². The number of hydrogen-bond donors (Lipinski definition) is 1. The Bertz CT molecular complexity index is 1290. The molecule has 0 saturated heterocycles. The molecule has 2 aromatic carbocycles. The smallest absolute Gasteiger partial charge is 0.270 e. The minimum atomic E-state index is -4.18. The fraction of sp³-hybridized carbons (Fsp3) is 0.0952. The second-order valence-corrected chi connectivity index (χ2v) is 9.78. The maximum absolute atomic E-state index is 13.4. The minimum absolute atomic E-state index is 0.0442. The monoisotopic (exact) mass is 478 g/mol. The van der Waals surface area contributed by atoms with Crippen molar-refractivity contribution in [2.24, 2.45) is 0 Å². The Labute approximate surface area is 187 Å². The maximum Gasteiger partial charge on any atom is 0.270 e. The van der Waals surface area contributed by atoms with Crippen LogP contribution in [-0.4, -0.2) is 21.3 Å². The van der Waals surface area contributed by atoms with Crippen LogP contribution in [0.2, 0.25) is 5.02 Å². The summed E-state index contributed by atoms with van der Waals surface area (Å²) in [6.07, 6.45) is 1.15. The van der Waals surface area contributed by atoms with E-state index in [-0.39, 0.29) is 6.54 Å². The van der Waals surface area contributed by atoms with Gasteiger partial charge in [0.1, 0.15) is 16.4 Å². The SMILES string of the molecule is COc1ccc(Cl)cc1NC=C1C(=O)c2sccc2N(Cc2ccc(F)cc2)S1(=O)=O. The summed E-state index contributed by atoms with van der Waals surface area (Å²) in [6, 6.07) is 11.9. The number of thiophene rings is 1. The summed E-state index contributed by atoms with van der Waals surface area (Å²) in [5.74, 6) is -0.590. The molecule has 3 aromatic rings. The van der Waals surface area contributed by atoms with E-state index < -0.39 is 26.5 Å². The van der Waals surface area contributed by atoms with Gasteiger partial charge in [0.05, 0.1) is 25.0 Å². The number of ether oxygens (including phenoxy) is 1. The van der Waals surface area contributed by atoms with E-state index in [0.717, 1.165) is 21.8 Å². The molecule has 1 N–H and O–H groups in total. The lowest BCUT2D eigenvalue weighted by Gasteiger charge is -2.29. The summed E-state index contributed by atoms with van der Waals surface area (Å²) in [6.45, 7) is -0.0442. The Kier molecular flexibility index (Phi) is 5.74. The molecule has 0 radical (unpaired) electrons. The van der Waals surface area contributed by atoms with Crippen LogP contribution in [0.3, 0.4) is 0 Å². The highest BCUT2D eigenvalue weighted by Crippen LogP contribution is 2.39. The van der Waals surface area contributed by atoms with Crippen molar-refractivity contribution in [3.8, 4) is 5.75 Å². The first-order chi connectivity index (χ1) is 14.8. The van der Waals surface area contributed by atoms with Crippen LogP contribution in [0.4, 0.5) is 15.8 Å². The zero-order valence-corrected chi connectivity index (χ0v) is 18.5. The number of sulfonamides is 1. The number of ketones is 1. The molecule has 0 atom stereocenters. The van der Waals surface area contributed by atoms with Gasteiger partial charge in [0, 0.05) is 11.2 Å². The number of Topliss-reactive ketones (excluding diaryl/α,β-unsaturated/α-hetero) is 1. The van der Waals surface area contributed by atoms with Crippen LogP contribution in [0, 0.1) is 5.82 Å². The van der Waals surface area contributed by atoms with Crippen molar-refractivity contribution in [2.75, 3.05) is 16.7 Å². The lowest BCUT2D eigenvalue weighted by Crippen LogP contribution is -2.38. The van der Waals surface area contributed by atoms with Crippen LogP contribution in [0.1, 0.15) is 15.2 Å². The van der Waals surface area contributed by atoms with E-state index >= 15 is 0 Å². The first-order valence-electron chi connectivity index (χ1n) is 9.01. The highest BCUT2D eigenvalue weighted by atomic mass is 35.5. The average molecular weight is 479 g/mol. The topological polar surface area (TPSA) is 75.7 Å². The van der Waals surface area contributed by atoms with E-state index in [1.165, 1.54) is 31.4 Å². The maximum atomic E-state index is 13.4. The van der Waals surface area contributed by atoms with Gasteiger partial charge in [0.15, 0.2) is 4.91 Å². The van der Waals surface area contributed by atoms with Crippen molar-refractivity contribution < 1.29 is 22.3 Å². The molecule has 160 valence electrons. The Morgan fingerprint density at radius 1 is 1.19 bits per heavy atom. The zero-order valence-electron chi connectivity index (χ0n) is 16.1. The quantitative estimate of drug-likeness (QED) is 0.520. The van der Waals surface area contributed by atoms with Crippen molar-refractivity contribution in [3.05, 3.63) is 86.3 Å². The fourth-order valence-corrected chi connectivity index (χ4v) is 5.80. The first kappa shape index (κ1) is 21.4. The van der Waals surface area contributed by atoms with Gasteiger partial charge < -0.3 is 10.1 Å². The molecular weight excluding hydrogens is 463 g/mol. The third-order valence-corrected chi connectivity index (χ3v) is 7.57. The summed E-state index contributed by atoms with van der Waals surface area (Å²) >= 11 is 7.18. The van der Waals surface area contributed by atoms with Gasteiger partial charge in [-0.25, -0.2) is 12.8 Å². The molecule has 0 saturated carbocycles. The van der Waals surface area contributed by atoms with E-state index in [9.17, 15) is 17.6 Å². The number of nitrogens with one attached hydrogen (secondary N) is 1. The number of carbonyl (C=O) groups is 1. The van der Waals surface area contributed by atoms with E-state index in [0.29, 0.717) is 32.6 Å². The second-order valence-electron chi connectivity index (χ2n) is 6.60. The number of methoxy groups -OCH3 is 1. The van der Waals surface area contributed by atoms with Crippen molar-refractivity contribution in [2.45, 2.75) is 6.54 Å². The van der Waals surface area contributed by atoms with Gasteiger partial charge in [-0.15, -0.1) is 11.3 Å². The number of rotatable bonds is 5. The Balaban J connectivity index is 1.75. The van der Waals surface area contributed by atoms with Gasteiger partial charge in [0.2, 0.25) is 5.78 Å². The van der Waals surface area contributed by atoms with E-state index in [2.05, 4.69) is 5.32 Å². The summed E-state index contributed by atoms with van der Waals surface area (Å²) < 4.78 is 46.4. The van der Waals surface area contributed by atoms with Gasteiger partial charge in [-0.3, -0.25) is 9.10 Å². The predicted octanol–water partition coefficient (Wildman–Crippen LogP) is 5.04. The number of anilines is 2. The number of halogens is 2. The molecule has 0 amide bonds. The van der Waals surface area contributed by atoms with Gasteiger partial charge in [-0.2, -0.15) is 0 Å². The molecule has 31 heavy (non-hydrogen) atoms. The van der Waals surface area contributed by atoms with Crippen molar-refractivity contribution in [1.29, 1.82) is 0 Å². The number of fused-ring (bicyclic) bond motifs is 1. The van der Waals surface area contributed by atoms with E-state index in [1.54, 1.807) is 29.6 Å². The molecule has 0 fully saturated rings. The molecule has 1 aliphatic rings. The lowest BCUT2D eigenvalue weighted by molar-refractivity contribution is 0.104. The highest BCUT2D eigenvalue weighted by Gasteiger charge is 2.41. The van der Waals surface area contributed by atoms with Crippen LogP contribution < -0.4 is 14.4 Å². The number of benzene rings is 2. The largest absolute Gasteiger partial charge is 0.495 e. The lowest BCUT2D eigenvalue weighted by atomic mass is 10.2. The molecule has 0 unspecified atom stereocenters. The number of allylic oxidation sites excluding steroid dienone is 1. The van der Waals surface area contributed by atoms with Crippen LogP contribution >= 0.6 is 22.9 Å². The van der Waals surface area contributed by atoms with Gasteiger partial charge in [-0.05, 0) is 47.3 Å². The molecule has 6 nitrogen and oxygen atoms in total. The number of hydrogen-bond acceptors (Lipinski definition) is 6. The van der Waals surface area contributed by atoms with Gasteiger partial charge in [-0.1, -0.05) is 23.7 Å². The van der Waals surface area contributed by atoms with E-state index in [4.69, 9.17) is 16.3 Å². The molecule has 0 spiro atoms. The summed E-state index contributed by atoms with van der Waals surface area (Å²) in [5, 5.41) is 4.91. The van der Waals surface area contributed by atoms with Crippen LogP contribution in [0.15, 0.2) is 65.0 Å². The first-order valence-corrected chi connectivity index (χ1v) is 11.7. The van der Waals surface area contributed by atoms with Crippen LogP contribution in [0.25, 0.3) is 0 Å². The molecule has 4 rings (SSSR count). The third-order valence-electron chi connectivity index (χ3n) is 4.67. The average Bonchev–Trinajstić information content (AvgIpc) is 3.22. The predicted molar refractivity (Wildman–Crippen MR) is 120 cm³/mol. The Hall–Kier alpha value is -2.88. The molecule has 2 heterocycles. The molecule has 0 aliphatic carbocycles. The van der Waals surface area contributed by atoms with Gasteiger partial charge >= 0.3 is 0 Å². The van der Waals surface area contributed by atoms with Crippen molar-refractivity contribution in [3.63, 3.8) is 0 Å². The number of nitrogens with zero attached hydrogens (tertiary/aromatic N) is 1. The van der Waals surface area contributed by atoms with Gasteiger partial charge in [0.25, 0.3) is 10.0 Å². The summed E-state index contributed by atoms with van der Waals surface area (Å²) in [7, 11) is -2.72. The molecule has 0 bridgehead atoms. The van der Waals surface area contributed by atoms with Crippen molar-refractivity contribution >= 4 is 50.1 Å². The summed E-state index contributed by atoms with van der Waals surface area (Å²) in [5.41, 5.74) is 1.30. The van der Waals surface area contributed by atoms with Crippen LogP contribution in [-0.2, 0) is 16.6 Å². The Morgan fingerprint density at radius 3 is 2.65 bits per heavy atom. The minimum Gasteiger partial charge on any atom is -0.495 e. The zero-order chi connectivity index (χ0) is 22.2. The molecular formula is C21H16ClFN2O4S2. The fourth-order valence-electron chi connectivity index (χ4n) is 3.15. The number of carbonyl (C=O) groups excluding carboxylic acids is 1. The highest BCUT2D eigenvalue weighted by molar-refractivity contribution is 7.97. The summed E-state index contributed by atoms with van der Waals surface area (Å²) in [4.78, 5) is 12.9. The van der Waals surface area contributed by atoms with Crippen molar-refractivity contribution in [1.82, 2.24) is 0 Å². The second kappa shape index (κ2) is 8.33. The Morgan fingerprint density at radius 2 is 1.94 bits per heavy atom. The molecule has 10 heteroatoms. The standard InChI is InChI=1S/C21H16ClFN2O4S2/c1-29-18-7-4-14(22)10-16(18)24-11-19-20(26)21-17(8-9-30-21)25(31(19,27)28)12-13-2-5-15(23)6-3-13/h2-11,24H,12H2,1H3. The van der Waals surface area contributed by atoms with E-state index in [1.807, 2.05) is 0 Å². The third kappa shape index (κ3) is 4.04. The normalized spacial score (nSPS) is 16.3.